The van der Waals surface area contributed by atoms with Gasteiger partial charge in [-0.3, -0.25) is 14.4 Å². The van der Waals surface area contributed by atoms with Gasteiger partial charge in [-0.1, -0.05) is 35.4 Å². The van der Waals surface area contributed by atoms with E-state index in [1.165, 1.54) is 7.11 Å². The largest absolute Gasteiger partial charge is 0.505 e. The van der Waals surface area contributed by atoms with E-state index in [1.54, 1.807) is 44.2 Å². The average Bonchev–Trinajstić information content (AvgIpc) is 3.18. The van der Waals surface area contributed by atoms with Gasteiger partial charge < -0.3 is 45.7 Å². The number of nitrogens with zero attached hydrogens (tertiary/aromatic N) is 2. The van der Waals surface area contributed by atoms with Crippen LogP contribution in [0.1, 0.15) is 43.5 Å². The normalized spacial score (nSPS) is 10.3. The molecule has 15 nitrogen and oxygen atoms in total. The fraction of sp³-hybridized carbons (Fsp3) is 0.171. The Bertz CT molecular complexity index is 2400. The van der Waals surface area contributed by atoms with E-state index in [0.717, 1.165) is 16.5 Å². The molecule has 6 aromatic rings. The molecule has 1 amide bonds. The Kier molecular flexibility index (Phi) is 13.8. The first-order chi connectivity index (χ1) is 26.6. The minimum Gasteiger partial charge on any atom is -0.505 e. The number of hydrogen-bond acceptors (Lipinski definition) is 12. The number of amides is 1. The Morgan fingerprint density at radius 3 is 1.39 bits per heavy atom. The van der Waals surface area contributed by atoms with Crippen LogP contribution in [0.2, 0.25) is 0 Å². The molecule has 0 aliphatic rings. The van der Waals surface area contributed by atoms with Crippen LogP contribution in [0.15, 0.2) is 84.9 Å². The van der Waals surface area contributed by atoms with Crippen LogP contribution in [0.5, 0.6) is 34.5 Å². The van der Waals surface area contributed by atoms with Crippen molar-refractivity contribution in [2.24, 2.45) is 5.73 Å². The van der Waals surface area contributed by atoms with Crippen molar-refractivity contribution in [2.75, 3.05) is 20.2 Å². The number of fused-ring (bicyclic) bond motifs is 2. The zero-order valence-electron chi connectivity index (χ0n) is 31.1. The number of aromatic nitrogens is 2. The predicted octanol–water partition coefficient (Wildman–Crippen LogP) is 6.33. The van der Waals surface area contributed by atoms with Crippen molar-refractivity contribution in [2.45, 2.75) is 27.7 Å². The number of carboxylic acids is 2. The molecule has 15 heteroatoms. The molecule has 0 saturated carbocycles. The van der Waals surface area contributed by atoms with Crippen LogP contribution < -0.4 is 20.5 Å². The number of nitrogens with two attached hydrogens (primary N) is 1. The number of aromatic hydroxyl groups is 2. The summed E-state index contributed by atoms with van der Waals surface area (Å²) >= 11 is 0. The molecule has 2 heterocycles. The third-order valence-corrected chi connectivity index (χ3v) is 7.96. The van der Waals surface area contributed by atoms with Crippen molar-refractivity contribution in [1.29, 1.82) is 0 Å². The van der Waals surface area contributed by atoms with Gasteiger partial charge >= 0.3 is 17.9 Å². The Morgan fingerprint density at radius 2 is 1.00 bits per heavy atom. The van der Waals surface area contributed by atoms with Crippen molar-refractivity contribution >= 4 is 45.4 Å². The topological polar surface area (TPSA) is 241 Å². The number of methoxy groups -OCH3 is 1. The summed E-state index contributed by atoms with van der Waals surface area (Å²) in [6, 6.07) is 25.6. The molecular weight excluding hydrogens is 724 g/mol. The van der Waals surface area contributed by atoms with Crippen molar-refractivity contribution in [3.8, 4) is 34.5 Å². The standard InChI is InChI=1S/C20H18N2O5.C19H17NO4.C2H5NO2/c1-11-3-5-13(6-4-11)27-14-7-8-15-12(2)22-18(19(25)16(15)9-14)20(26)21-10-17(23)24;1-11-4-6-13(7-5-11)24-14-8-9-15-12(2)20-17(19(22)23-3)18(21)16(15)10-14;3-1-2(4)5/h3-9,25H,10H2,1-2H3,(H,21,26)(H,23,24);4-10,21H,1-3H3;1,3H2,(H,4,5). The summed E-state index contributed by atoms with van der Waals surface area (Å²) in [5.41, 5.74) is 7.65. The molecule has 4 aromatic carbocycles. The summed E-state index contributed by atoms with van der Waals surface area (Å²) in [6.07, 6.45) is 0. The SMILES string of the molecule is COC(=O)c1nc(C)c2ccc(Oc3ccc(C)cc3)cc2c1O.Cc1ccc(Oc2ccc3c(C)nc(C(=O)NCC(=O)O)c(O)c3c2)cc1.NCC(=O)O. The Hall–Kier alpha value is -7.26. The number of nitrogens with one attached hydrogen (secondary N) is 1. The summed E-state index contributed by atoms with van der Waals surface area (Å²) < 4.78 is 16.3. The second-order valence-corrected chi connectivity index (χ2v) is 12.2. The highest BCUT2D eigenvalue weighted by atomic mass is 16.5. The van der Waals surface area contributed by atoms with Crippen molar-refractivity contribution in [3.05, 3.63) is 119 Å². The summed E-state index contributed by atoms with van der Waals surface area (Å²) in [6.45, 7) is 6.62. The van der Waals surface area contributed by atoms with Crippen LogP contribution in [0, 0.1) is 27.7 Å². The number of carboxylic acid groups (broad SMARTS) is 2. The maximum absolute atomic E-state index is 12.1. The minimum absolute atomic E-state index is 0.102. The molecule has 2 aromatic heterocycles. The van der Waals surface area contributed by atoms with E-state index in [0.29, 0.717) is 50.5 Å². The Labute approximate surface area is 320 Å². The van der Waals surface area contributed by atoms with Gasteiger partial charge in [0.2, 0.25) is 0 Å². The molecule has 0 fully saturated rings. The van der Waals surface area contributed by atoms with E-state index in [9.17, 15) is 29.4 Å². The first kappa shape index (κ1) is 41.5. The lowest BCUT2D eigenvalue weighted by Gasteiger charge is -2.12. The third kappa shape index (κ3) is 10.7. The third-order valence-electron chi connectivity index (χ3n) is 7.96. The number of carbonyl (C=O) groups excluding carboxylic acids is 2. The number of benzene rings is 4. The predicted molar refractivity (Wildman–Crippen MR) is 207 cm³/mol. The minimum atomic E-state index is -1.19. The van der Waals surface area contributed by atoms with E-state index in [-0.39, 0.29) is 29.4 Å². The van der Waals surface area contributed by atoms with Crippen LogP contribution in [-0.2, 0) is 14.3 Å². The zero-order chi connectivity index (χ0) is 41.1. The number of hydrogen-bond donors (Lipinski definition) is 6. The Morgan fingerprint density at radius 1 is 0.607 bits per heavy atom. The molecule has 56 heavy (non-hydrogen) atoms. The van der Waals surface area contributed by atoms with Gasteiger partial charge in [-0.25, -0.2) is 14.8 Å². The number of aryl methyl sites for hydroxylation is 4. The highest BCUT2D eigenvalue weighted by molar-refractivity contribution is 6.03. The van der Waals surface area contributed by atoms with Crippen LogP contribution in [0.4, 0.5) is 0 Å². The molecule has 6 rings (SSSR count). The van der Waals surface area contributed by atoms with Crippen LogP contribution in [0.25, 0.3) is 21.5 Å². The number of pyridine rings is 2. The van der Waals surface area contributed by atoms with Crippen molar-refractivity contribution < 1.29 is 53.8 Å². The van der Waals surface area contributed by atoms with Gasteiger partial charge in [0.25, 0.3) is 5.91 Å². The van der Waals surface area contributed by atoms with Gasteiger partial charge in [0.1, 0.15) is 29.5 Å². The second kappa shape index (κ2) is 18.7. The number of carbonyl (C=O) groups is 4. The lowest BCUT2D eigenvalue weighted by Crippen LogP contribution is -2.30. The fourth-order valence-electron chi connectivity index (χ4n) is 5.14. The molecule has 0 bridgehead atoms. The highest BCUT2D eigenvalue weighted by Crippen LogP contribution is 2.35. The molecule has 0 radical (unpaired) electrons. The first-order valence-electron chi connectivity index (χ1n) is 16.9. The highest BCUT2D eigenvalue weighted by Gasteiger charge is 2.20. The van der Waals surface area contributed by atoms with Gasteiger partial charge in [0, 0.05) is 32.9 Å². The number of rotatable bonds is 9. The van der Waals surface area contributed by atoms with E-state index in [1.807, 2.05) is 68.4 Å². The second-order valence-electron chi connectivity index (χ2n) is 12.2. The van der Waals surface area contributed by atoms with Crippen LogP contribution in [-0.4, -0.2) is 74.4 Å². The molecular formula is C41H40N4O11. The maximum Gasteiger partial charge on any atom is 0.360 e. The van der Waals surface area contributed by atoms with E-state index >= 15 is 0 Å². The van der Waals surface area contributed by atoms with E-state index in [2.05, 4.69) is 25.8 Å². The molecule has 0 spiro atoms. The smallest absolute Gasteiger partial charge is 0.360 e. The zero-order valence-corrected chi connectivity index (χ0v) is 31.1. The fourth-order valence-corrected chi connectivity index (χ4v) is 5.14. The van der Waals surface area contributed by atoms with E-state index in [4.69, 9.17) is 19.7 Å². The lowest BCUT2D eigenvalue weighted by atomic mass is 10.1. The van der Waals surface area contributed by atoms with Gasteiger partial charge in [-0.05, 0) is 88.4 Å². The quantitative estimate of drug-likeness (QED) is 0.0882. The molecule has 0 atom stereocenters. The monoisotopic (exact) mass is 764 g/mol. The number of aliphatic carboxylic acids is 2. The molecule has 0 saturated heterocycles. The van der Waals surface area contributed by atoms with Crippen LogP contribution in [0.3, 0.4) is 0 Å². The maximum atomic E-state index is 12.1. The molecule has 7 N–H and O–H groups in total. The van der Waals surface area contributed by atoms with Crippen molar-refractivity contribution in [1.82, 2.24) is 15.3 Å². The average molecular weight is 765 g/mol. The first-order valence-corrected chi connectivity index (χ1v) is 16.9. The van der Waals surface area contributed by atoms with Gasteiger partial charge in [-0.15, -0.1) is 0 Å². The van der Waals surface area contributed by atoms with Gasteiger partial charge in [0.15, 0.2) is 22.9 Å². The van der Waals surface area contributed by atoms with E-state index < -0.39 is 30.4 Å². The van der Waals surface area contributed by atoms with Crippen molar-refractivity contribution in [3.63, 3.8) is 0 Å². The Balaban J connectivity index is 0.000000223. The summed E-state index contributed by atoms with van der Waals surface area (Å²) in [7, 11) is 1.25. The number of esters is 1. The molecule has 0 aliphatic heterocycles. The van der Waals surface area contributed by atoms with Gasteiger partial charge in [-0.2, -0.15) is 0 Å². The summed E-state index contributed by atoms with van der Waals surface area (Å²) in [5.74, 6) is -1.74. The lowest BCUT2D eigenvalue weighted by molar-refractivity contribution is -0.136. The van der Waals surface area contributed by atoms with Gasteiger partial charge in [0.05, 0.1) is 13.7 Å². The summed E-state index contributed by atoms with van der Waals surface area (Å²) in [4.78, 5) is 52.0. The summed E-state index contributed by atoms with van der Waals surface area (Å²) in [5, 5.41) is 41.7. The molecule has 290 valence electrons. The number of ether oxygens (including phenoxy) is 3. The molecule has 0 unspecified atom stereocenters. The van der Waals surface area contributed by atoms with Crippen LogP contribution >= 0.6 is 0 Å². The molecule has 0 aliphatic carbocycles.